The largest absolute Gasteiger partial charge is 0.372 e. The third-order valence-electron chi connectivity index (χ3n) is 2.63. The summed E-state index contributed by atoms with van der Waals surface area (Å²) < 4.78 is 7.23. The Bertz CT molecular complexity index is 340. The van der Waals surface area contributed by atoms with Gasteiger partial charge >= 0.3 is 0 Å². The Kier molecular flexibility index (Phi) is 3.24. The van der Waals surface area contributed by atoms with Gasteiger partial charge in [0.15, 0.2) is 0 Å². The van der Waals surface area contributed by atoms with E-state index in [1.807, 2.05) is 24.8 Å². The number of amides is 1. The number of morpholine rings is 1. The summed E-state index contributed by atoms with van der Waals surface area (Å²) in [5.41, 5.74) is 0. The molecule has 2 heterocycles. The fourth-order valence-corrected chi connectivity index (χ4v) is 2.01. The van der Waals surface area contributed by atoms with Crippen molar-refractivity contribution in [1.82, 2.24) is 14.7 Å². The van der Waals surface area contributed by atoms with Crippen molar-refractivity contribution in [1.29, 1.82) is 0 Å². The molecule has 0 saturated carbocycles. The van der Waals surface area contributed by atoms with Crippen molar-refractivity contribution >= 4 is 5.91 Å². The van der Waals surface area contributed by atoms with Gasteiger partial charge in [-0.3, -0.25) is 9.48 Å². The molecule has 2 atom stereocenters. The standard InChI is InChI=1S/C11H17N3O2/c1-9-6-13(7-10(2)16-9)11(15)8-14-5-3-4-12-14/h3-5,9-10H,6-8H2,1-2H3/t9-,10+. The fraction of sp³-hybridized carbons (Fsp3) is 0.636. The number of rotatable bonds is 2. The van der Waals surface area contributed by atoms with Gasteiger partial charge in [0.25, 0.3) is 0 Å². The summed E-state index contributed by atoms with van der Waals surface area (Å²) in [7, 11) is 0. The first kappa shape index (κ1) is 11.1. The highest BCUT2D eigenvalue weighted by molar-refractivity contribution is 5.76. The lowest BCUT2D eigenvalue weighted by Crippen LogP contribution is -2.49. The van der Waals surface area contributed by atoms with Crippen molar-refractivity contribution in [2.75, 3.05) is 13.1 Å². The van der Waals surface area contributed by atoms with Crippen LogP contribution in [0.1, 0.15) is 13.8 Å². The highest BCUT2D eigenvalue weighted by Gasteiger charge is 2.25. The average Bonchev–Trinajstić information content (AvgIpc) is 2.68. The summed E-state index contributed by atoms with van der Waals surface area (Å²) in [5, 5.41) is 4.03. The number of aromatic nitrogens is 2. The Balaban J connectivity index is 1.94. The summed E-state index contributed by atoms with van der Waals surface area (Å²) >= 11 is 0. The van der Waals surface area contributed by atoms with Crippen LogP contribution in [-0.2, 0) is 16.1 Å². The Labute approximate surface area is 95.0 Å². The normalized spacial score (nSPS) is 25.8. The molecule has 1 amide bonds. The van der Waals surface area contributed by atoms with Crippen molar-refractivity contribution in [3.63, 3.8) is 0 Å². The maximum Gasteiger partial charge on any atom is 0.244 e. The second-order valence-corrected chi connectivity index (χ2v) is 4.26. The molecule has 16 heavy (non-hydrogen) atoms. The van der Waals surface area contributed by atoms with Gasteiger partial charge in [-0.25, -0.2) is 0 Å². The summed E-state index contributed by atoms with van der Waals surface area (Å²) in [5.74, 6) is 0.103. The van der Waals surface area contributed by atoms with E-state index in [9.17, 15) is 4.79 Å². The van der Waals surface area contributed by atoms with Crippen LogP contribution in [0.25, 0.3) is 0 Å². The first-order valence-corrected chi connectivity index (χ1v) is 5.56. The molecule has 0 unspecified atom stereocenters. The van der Waals surface area contributed by atoms with E-state index in [1.54, 1.807) is 17.1 Å². The summed E-state index contributed by atoms with van der Waals surface area (Å²) in [4.78, 5) is 13.8. The van der Waals surface area contributed by atoms with E-state index in [2.05, 4.69) is 5.10 Å². The Morgan fingerprint density at radius 2 is 2.12 bits per heavy atom. The second-order valence-electron chi connectivity index (χ2n) is 4.26. The fourth-order valence-electron chi connectivity index (χ4n) is 2.01. The van der Waals surface area contributed by atoms with Crippen molar-refractivity contribution in [2.24, 2.45) is 0 Å². The highest BCUT2D eigenvalue weighted by Crippen LogP contribution is 2.11. The van der Waals surface area contributed by atoms with E-state index < -0.39 is 0 Å². The Hall–Kier alpha value is -1.36. The van der Waals surface area contributed by atoms with E-state index in [1.165, 1.54) is 0 Å². The number of hydrogen-bond donors (Lipinski definition) is 0. The number of nitrogens with zero attached hydrogens (tertiary/aromatic N) is 3. The second kappa shape index (κ2) is 4.65. The lowest BCUT2D eigenvalue weighted by Gasteiger charge is -2.35. The Morgan fingerprint density at radius 1 is 1.44 bits per heavy atom. The zero-order valence-electron chi connectivity index (χ0n) is 9.67. The molecule has 1 aliphatic heterocycles. The minimum Gasteiger partial charge on any atom is -0.372 e. The van der Waals surface area contributed by atoms with Crippen LogP contribution in [0.15, 0.2) is 18.5 Å². The Morgan fingerprint density at radius 3 is 2.69 bits per heavy atom. The van der Waals surface area contributed by atoms with E-state index >= 15 is 0 Å². The van der Waals surface area contributed by atoms with Crippen LogP contribution in [0.5, 0.6) is 0 Å². The monoisotopic (exact) mass is 223 g/mol. The summed E-state index contributed by atoms with van der Waals surface area (Å²) in [6, 6.07) is 1.82. The molecule has 88 valence electrons. The maximum atomic E-state index is 12.0. The SMILES string of the molecule is C[C@@H]1CN(C(=O)Cn2cccn2)C[C@H](C)O1. The van der Waals surface area contributed by atoms with Crippen LogP contribution < -0.4 is 0 Å². The van der Waals surface area contributed by atoms with Crippen LogP contribution in [-0.4, -0.2) is 45.9 Å². The zero-order valence-corrected chi connectivity index (χ0v) is 9.67. The molecule has 1 aromatic rings. The van der Waals surface area contributed by atoms with Crippen LogP contribution in [0.4, 0.5) is 0 Å². The molecule has 1 aliphatic rings. The lowest BCUT2D eigenvalue weighted by molar-refractivity contribution is -0.144. The van der Waals surface area contributed by atoms with Crippen molar-refractivity contribution in [3.05, 3.63) is 18.5 Å². The maximum absolute atomic E-state index is 12.0. The van der Waals surface area contributed by atoms with Gasteiger partial charge in [-0.15, -0.1) is 0 Å². The van der Waals surface area contributed by atoms with E-state index in [0.717, 1.165) is 0 Å². The summed E-state index contributed by atoms with van der Waals surface area (Å²) in [6.45, 7) is 5.63. The van der Waals surface area contributed by atoms with E-state index in [0.29, 0.717) is 19.6 Å². The first-order chi connectivity index (χ1) is 7.65. The minimum atomic E-state index is 0.103. The van der Waals surface area contributed by atoms with Crippen LogP contribution in [0.3, 0.4) is 0 Å². The average molecular weight is 223 g/mol. The van der Waals surface area contributed by atoms with Gasteiger partial charge in [-0.05, 0) is 19.9 Å². The molecular weight excluding hydrogens is 206 g/mol. The van der Waals surface area contributed by atoms with Gasteiger partial charge in [0.05, 0.1) is 12.2 Å². The lowest BCUT2D eigenvalue weighted by atomic mass is 10.2. The third kappa shape index (κ3) is 2.61. The third-order valence-corrected chi connectivity index (χ3v) is 2.63. The molecule has 5 nitrogen and oxygen atoms in total. The van der Waals surface area contributed by atoms with Crippen LogP contribution in [0, 0.1) is 0 Å². The van der Waals surface area contributed by atoms with Gasteiger partial charge < -0.3 is 9.64 Å². The molecule has 0 aliphatic carbocycles. The number of hydrogen-bond acceptors (Lipinski definition) is 3. The molecule has 2 rings (SSSR count). The molecule has 0 aromatic carbocycles. The van der Waals surface area contributed by atoms with Gasteiger partial charge in [0.1, 0.15) is 6.54 Å². The molecule has 0 N–H and O–H groups in total. The molecular formula is C11H17N3O2. The number of carbonyl (C=O) groups excluding carboxylic acids is 1. The smallest absolute Gasteiger partial charge is 0.244 e. The first-order valence-electron chi connectivity index (χ1n) is 5.56. The van der Waals surface area contributed by atoms with E-state index in [4.69, 9.17) is 4.74 Å². The van der Waals surface area contributed by atoms with E-state index in [-0.39, 0.29) is 18.1 Å². The van der Waals surface area contributed by atoms with Crippen molar-refractivity contribution in [3.8, 4) is 0 Å². The van der Waals surface area contributed by atoms with Gasteiger partial charge in [0.2, 0.25) is 5.91 Å². The molecule has 0 spiro atoms. The molecule has 0 radical (unpaired) electrons. The predicted octanol–water partition coefficient (Wildman–Crippen LogP) is 0.519. The quantitative estimate of drug-likeness (QED) is 0.734. The van der Waals surface area contributed by atoms with Crippen LogP contribution >= 0.6 is 0 Å². The zero-order chi connectivity index (χ0) is 11.5. The van der Waals surface area contributed by atoms with Gasteiger partial charge in [0, 0.05) is 25.5 Å². The number of ether oxygens (including phenoxy) is 1. The predicted molar refractivity (Wildman–Crippen MR) is 58.8 cm³/mol. The van der Waals surface area contributed by atoms with Gasteiger partial charge in [-0.1, -0.05) is 0 Å². The minimum absolute atomic E-state index is 0.103. The molecule has 1 fully saturated rings. The molecule has 1 saturated heterocycles. The molecule has 1 aromatic heterocycles. The molecule has 5 heteroatoms. The van der Waals surface area contributed by atoms with Crippen molar-refractivity contribution < 1.29 is 9.53 Å². The van der Waals surface area contributed by atoms with Crippen molar-refractivity contribution in [2.45, 2.75) is 32.6 Å². The molecule has 0 bridgehead atoms. The van der Waals surface area contributed by atoms with Gasteiger partial charge in [-0.2, -0.15) is 5.10 Å². The summed E-state index contributed by atoms with van der Waals surface area (Å²) in [6.07, 6.45) is 3.71. The number of carbonyl (C=O) groups is 1. The van der Waals surface area contributed by atoms with Crippen LogP contribution in [0.2, 0.25) is 0 Å². The topological polar surface area (TPSA) is 47.4 Å². The highest BCUT2D eigenvalue weighted by atomic mass is 16.5.